The predicted octanol–water partition coefficient (Wildman–Crippen LogP) is 3.32. The van der Waals surface area contributed by atoms with E-state index in [9.17, 15) is 0 Å². The van der Waals surface area contributed by atoms with E-state index in [-0.39, 0.29) is 0 Å². The summed E-state index contributed by atoms with van der Waals surface area (Å²) in [6, 6.07) is 0.633. The van der Waals surface area contributed by atoms with Crippen LogP contribution in [0.3, 0.4) is 0 Å². The Morgan fingerprint density at radius 1 is 1.20 bits per heavy atom. The van der Waals surface area contributed by atoms with Gasteiger partial charge in [-0.3, -0.25) is 5.32 Å². The van der Waals surface area contributed by atoms with Gasteiger partial charge in [-0.2, -0.15) is 0 Å². The Morgan fingerprint density at radius 3 is 2.47 bits per heavy atom. The van der Waals surface area contributed by atoms with Gasteiger partial charge >= 0.3 is 0 Å². The highest BCUT2D eigenvalue weighted by Crippen LogP contribution is 2.21. The lowest BCUT2D eigenvalue weighted by Gasteiger charge is -2.16. The van der Waals surface area contributed by atoms with Gasteiger partial charge in [0.2, 0.25) is 0 Å². The van der Waals surface area contributed by atoms with Crippen molar-refractivity contribution in [1.29, 1.82) is 0 Å². The minimum atomic E-state index is 0.633. The number of hydrogen-bond donors (Lipinski definition) is 1. The summed E-state index contributed by atoms with van der Waals surface area (Å²) in [5.41, 5.74) is 0. The molecule has 1 unspecified atom stereocenters. The molecule has 1 atom stereocenters. The summed E-state index contributed by atoms with van der Waals surface area (Å²) in [5.74, 6) is 0.974. The Bertz CT molecular complexity index is 137. The molecule has 0 aromatic heterocycles. The minimum Gasteiger partial charge on any atom is -0.365 e. The second kappa shape index (κ2) is 8.12. The van der Waals surface area contributed by atoms with E-state index in [0.29, 0.717) is 6.04 Å². The molecule has 0 aromatic rings. The SMILES string of the molecule is CCCC(CCC)CCCC1COCN1. The van der Waals surface area contributed by atoms with Gasteiger partial charge in [0.15, 0.2) is 0 Å². The van der Waals surface area contributed by atoms with Crippen LogP contribution in [-0.4, -0.2) is 19.4 Å². The molecule has 15 heavy (non-hydrogen) atoms. The fourth-order valence-corrected chi connectivity index (χ4v) is 2.52. The standard InChI is InChI=1S/C13H27NO/c1-3-6-12(7-4-2)8-5-9-13-10-15-11-14-13/h12-14H,3-11H2,1-2H3. The number of ether oxygens (including phenoxy) is 1. The Kier molecular flexibility index (Phi) is 7.03. The number of hydrogen-bond acceptors (Lipinski definition) is 2. The third-order valence-corrected chi connectivity index (χ3v) is 3.35. The van der Waals surface area contributed by atoms with Gasteiger partial charge in [0.1, 0.15) is 0 Å². The molecule has 0 bridgehead atoms. The zero-order valence-electron chi connectivity index (χ0n) is 10.4. The quantitative estimate of drug-likeness (QED) is 0.668. The topological polar surface area (TPSA) is 21.3 Å². The van der Waals surface area contributed by atoms with E-state index >= 15 is 0 Å². The maximum atomic E-state index is 5.30. The number of rotatable bonds is 8. The molecule has 1 aliphatic rings. The van der Waals surface area contributed by atoms with Crippen LogP contribution in [0.2, 0.25) is 0 Å². The fourth-order valence-electron chi connectivity index (χ4n) is 2.52. The zero-order chi connectivity index (χ0) is 10.9. The molecule has 1 rings (SSSR count). The molecule has 0 aromatic carbocycles. The van der Waals surface area contributed by atoms with E-state index in [2.05, 4.69) is 19.2 Å². The summed E-state index contributed by atoms with van der Waals surface area (Å²) in [6.07, 6.45) is 9.60. The Labute approximate surface area is 94.8 Å². The molecule has 1 heterocycles. The van der Waals surface area contributed by atoms with Gasteiger partial charge in [0, 0.05) is 6.04 Å². The van der Waals surface area contributed by atoms with Gasteiger partial charge < -0.3 is 4.74 Å². The van der Waals surface area contributed by atoms with E-state index in [1.165, 1.54) is 44.9 Å². The average molecular weight is 213 g/mol. The highest BCUT2D eigenvalue weighted by molar-refractivity contribution is 4.70. The molecule has 1 saturated heterocycles. The van der Waals surface area contributed by atoms with Crippen LogP contribution in [-0.2, 0) is 4.74 Å². The largest absolute Gasteiger partial charge is 0.365 e. The van der Waals surface area contributed by atoms with Gasteiger partial charge in [-0.1, -0.05) is 52.4 Å². The summed E-state index contributed by atoms with van der Waals surface area (Å²) in [7, 11) is 0. The van der Waals surface area contributed by atoms with Crippen LogP contribution in [0, 0.1) is 5.92 Å². The summed E-state index contributed by atoms with van der Waals surface area (Å²) in [6.45, 7) is 6.29. The first-order chi connectivity index (χ1) is 7.36. The molecule has 0 radical (unpaired) electrons. The maximum absolute atomic E-state index is 5.30. The first kappa shape index (κ1) is 13.0. The van der Waals surface area contributed by atoms with Crippen molar-refractivity contribution in [3.8, 4) is 0 Å². The van der Waals surface area contributed by atoms with Crippen LogP contribution in [0.25, 0.3) is 0 Å². The third kappa shape index (κ3) is 5.53. The lowest BCUT2D eigenvalue weighted by Crippen LogP contribution is -2.23. The van der Waals surface area contributed by atoms with E-state index in [4.69, 9.17) is 4.74 Å². The molecule has 0 amide bonds. The van der Waals surface area contributed by atoms with Crippen molar-refractivity contribution in [3.05, 3.63) is 0 Å². The van der Waals surface area contributed by atoms with Crippen molar-refractivity contribution in [2.45, 2.75) is 64.8 Å². The monoisotopic (exact) mass is 213 g/mol. The van der Waals surface area contributed by atoms with Crippen molar-refractivity contribution in [3.63, 3.8) is 0 Å². The van der Waals surface area contributed by atoms with Crippen molar-refractivity contribution in [1.82, 2.24) is 5.32 Å². The average Bonchev–Trinajstić information content (AvgIpc) is 2.71. The molecule has 1 N–H and O–H groups in total. The van der Waals surface area contributed by atoms with Crippen molar-refractivity contribution >= 4 is 0 Å². The van der Waals surface area contributed by atoms with Crippen LogP contribution in [0.4, 0.5) is 0 Å². The van der Waals surface area contributed by atoms with E-state index in [1.807, 2.05) is 0 Å². The molecular weight excluding hydrogens is 186 g/mol. The molecular formula is C13H27NO. The lowest BCUT2D eigenvalue weighted by molar-refractivity contribution is 0.188. The summed E-state index contributed by atoms with van der Waals surface area (Å²) >= 11 is 0. The van der Waals surface area contributed by atoms with Crippen LogP contribution in [0.1, 0.15) is 58.8 Å². The van der Waals surface area contributed by atoms with E-state index < -0.39 is 0 Å². The van der Waals surface area contributed by atoms with Gasteiger partial charge in [-0.25, -0.2) is 0 Å². The van der Waals surface area contributed by atoms with E-state index in [0.717, 1.165) is 19.3 Å². The van der Waals surface area contributed by atoms with Crippen molar-refractivity contribution in [2.75, 3.05) is 13.3 Å². The molecule has 2 heteroatoms. The summed E-state index contributed by atoms with van der Waals surface area (Å²) in [4.78, 5) is 0. The van der Waals surface area contributed by atoms with Gasteiger partial charge in [0.25, 0.3) is 0 Å². The Hall–Kier alpha value is -0.0800. The normalized spacial score (nSPS) is 21.4. The van der Waals surface area contributed by atoms with Gasteiger partial charge in [0.05, 0.1) is 13.3 Å². The van der Waals surface area contributed by atoms with Gasteiger partial charge in [-0.15, -0.1) is 0 Å². The highest BCUT2D eigenvalue weighted by atomic mass is 16.5. The Morgan fingerprint density at radius 2 is 1.93 bits per heavy atom. The van der Waals surface area contributed by atoms with Crippen LogP contribution in [0.5, 0.6) is 0 Å². The maximum Gasteiger partial charge on any atom is 0.0968 e. The van der Waals surface area contributed by atoms with E-state index in [1.54, 1.807) is 0 Å². The molecule has 1 aliphatic heterocycles. The van der Waals surface area contributed by atoms with Crippen LogP contribution in [0.15, 0.2) is 0 Å². The first-order valence-electron chi connectivity index (χ1n) is 6.68. The first-order valence-corrected chi connectivity index (χ1v) is 6.68. The highest BCUT2D eigenvalue weighted by Gasteiger charge is 2.14. The smallest absolute Gasteiger partial charge is 0.0968 e. The van der Waals surface area contributed by atoms with Crippen molar-refractivity contribution < 1.29 is 4.74 Å². The predicted molar refractivity (Wildman–Crippen MR) is 64.9 cm³/mol. The van der Waals surface area contributed by atoms with Crippen molar-refractivity contribution in [2.24, 2.45) is 5.92 Å². The fraction of sp³-hybridized carbons (Fsp3) is 1.00. The molecule has 2 nitrogen and oxygen atoms in total. The molecule has 90 valence electrons. The molecule has 1 fully saturated rings. The van der Waals surface area contributed by atoms with Crippen LogP contribution >= 0.6 is 0 Å². The number of nitrogens with one attached hydrogen (secondary N) is 1. The lowest BCUT2D eigenvalue weighted by atomic mass is 9.92. The molecule has 0 spiro atoms. The summed E-state index contributed by atoms with van der Waals surface area (Å²) in [5, 5.41) is 3.37. The van der Waals surface area contributed by atoms with Crippen LogP contribution < -0.4 is 5.32 Å². The molecule has 0 aliphatic carbocycles. The van der Waals surface area contributed by atoms with Gasteiger partial charge in [-0.05, 0) is 12.3 Å². The second-order valence-corrected chi connectivity index (χ2v) is 4.79. The summed E-state index contributed by atoms with van der Waals surface area (Å²) < 4.78 is 5.30. The third-order valence-electron chi connectivity index (χ3n) is 3.35. The Balaban J connectivity index is 2.04. The molecule has 0 saturated carbocycles. The minimum absolute atomic E-state index is 0.633. The second-order valence-electron chi connectivity index (χ2n) is 4.79. The zero-order valence-corrected chi connectivity index (χ0v) is 10.4.